The van der Waals surface area contributed by atoms with Crippen LogP contribution in [0.4, 0.5) is 0 Å². The second kappa shape index (κ2) is 10.8. The Balaban J connectivity index is 1.26. The average molecular weight is 526 g/mol. The Hall–Kier alpha value is -3.60. The lowest BCUT2D eigenvalue weighted by Gasteiger charge is -2.28. The van der Waals surface area contributed by atoms with E-state index in [-0.39, 0.29) is 22.7 Å². The normalized spacial score (nSPS) is 13.0. The molecule has 0 saturated heterocycles. The van der Waals surface area contributed by atoms with Gasteiger partial charge in [0.25, 0.3) is 0 Å². The van der Waals surface area contributed by atoms with Crippen molar-refractivity contribution < 1.29 is 23.0 Å². The third kappa shape index (κ3) is 7.22. The van der Waals surface area contributed by atoms with E-state index in [4.69, 9.17) is 9.47 Å². The first-order valence-corrected chi connectivity index (χ1v) is 13.7. The molecule has 4 N–H and O–H groups in total. The Morgan fingerprint density at radius 3 is 2.27 bits per heavy atom. The minimum atomic E-state index is -3.25. The number of aliphatic hydroxyl groups is 1. The molecule has 1 aromatic heterocycles. The highest BCUT2D eigenvalue weighted by molar-refractivity contribution is 7.90. The van der Waals surface area contributed by atoms with Crippen molar-refractivity contribution in [3.05, 3.63) is 82.8 Å². The molecule has 196 valence electrons. The van der Waals surface area contributed by atoms with E-state index in [9.17, 15) is 18.3 Å². The number of H-pyrrole nitrogens is 2. The van der Waals surface area contributed by atoms with E-state index in [1.54, 1.807) is 30.3 Å². The smallest absolute Gasteiger partial charge is 0.323 e. The number of benzene rings is 3. The number of β-amino-alcohol motifs (C(OH)–C–C–N with tert-alkyl or cyclic N) is 1. The number of aromatic amines is 2. The second-order valence-corrected chi connectivity index (χ2v) is 11.7. The van der Waals surface area contributed by atoms with Crippen LogP contribution in [0, 0.1) is 0 Å². The molecule has 0 fully saturated rings. The van der Waals surface area contributed by atoms with Crippen molar-refractivity contribution in [1.29, 1.82) is 0 Å². The molecular formula is C27H31N3O6S. The maximum absolute atomic E-state index is 11.6. The molecule has 3 aromatic carbocycles. The summed E-state index contributed by atoms with van der Waals surface area (Å²) in [6.07, 6.45) is 1.14. The predicted molar refractivity (Wildman–Crippen MR) is 142 cm³/mol. The number of rotatable bonds is 11. The zero-order valence-corrected chi connectivity index (χ0v) is 21.8. The predicted octanol–water partition coefficient (Wildman–Crippen LogP) is 3.40. The number of ether oxygens (including phenoxy) is 2. The summed E-state index contributed by atoms with van der Waals surface area (Å²) >= 11 is 0. The molecule has 0 amide bonds. The fraction of sp³-hybridized carbons (Fsp3) is 0.296. The van der Waals surface area contributed by atoms with Crippen LogP contribution in [0.25, 0.3) is 11.0 Å². The van der Waals surface area contributed by atoms with E-state index in [2.05, 4.69) is 29.1 Å². The largest absolute Gasteiger partial charge is 0.489 e. The summed E-state index contributed by atoms with van der Waals surface area (Å²) in [5, 5.41) is 13.8. The fourth-order valence-electron chi connectivity index (χ4n) is 3.93. The topological polar surface area (TPSA) is 134 Å². The summed E-state index contributed by atoms with van der Waals surface area (Å²) in [6.45, 7) is 4.52. The Kier molecular flexibility index (Phi) is 7.72. The lowest BCUT2D eigenvalue weighted by Crippen LogP contribution is -2.46. The SMILES string of the molecule is CC(C)(Cc1ccc(Oc2ccc(S(C)(=O)=O)cc2)cc1)NC[C@H](O)COc1cccc2[nH]c(=O)[nH]c12. The van der Waals surface area contributed by atoms with Gasteiger partial charge in [0.2, 0.25) is 0 Å². The summed E-state index contributed by atoms with van der Waals surface area (Å²) in [6, 6.07) is 19.3. The quantitative estimate of drug-likeness (QED) is 0.236. The van der Waals surface area contributed by atoms with Crippen LogP contribution < -0.4 is 20.5 Å². The van der Waals surface area contributed by atoms with Gasteiger partial charge in [0, 0.05) is 18.3 Å². The highest BCUT2D eigenvalue weighted by Crippen LogP contribution is 2.25. The van der Waals surface area contributed by atoms with Gasteiger partial charge in [-0.3, -0.25) is 0 Å². The van der Waals surface area contributed by atoms with E-state index in [0.717, 1.165) is 5.56 Å². The summed E-state index contributed by atoms with van der Waals surface area (Å²) in [5.74, 6) is 1.70. The van der Waals surface area contributed by atoms with E-state index < -0.39 is 15.9 Å². The van der Waals surface area contributed by atoms with Crippen LogP contribution in [0.3, 0.4) is 0 Å². The molecular weight excluding hydrogens is 494 g/mol. The Morgan fingerprint density at radius 2 is 1.62 bits per heavy atom. The second-order valence-electron chi connectivity index (χ2n) is 9.65. The highest BCUT2D eigenvalue weighted by Gasteiger charge is 2.20. The molecule has 10 heteroatoms. The summed E-state index contributed by atoms with van der Waals surface area (Å²) in [5.41, 5.74) is 1.71. The number of sulfone groups is 1. The molecule has 4 rings (SSSR count). The number of hydrogen-bond donors (Lipinski definition) is 4. The molecule has 0 aliphatic carbocycles. The number of nitrogens with one attached hydrogen (secondary N) is 3. The van der Waals surface area contributed by atoms with Gasteiger partial charge in [-0.15, -0.1) is 0 Å². The van der Waals surface area contributed by atoms with E-state index >= 15 is 0 Å². The van der Waals surface area contributed by atoms with Gasteiger partial charge in [-0.2, -0.15) is 0 Å². The Bertz CT molecular complexity index is 1510. The number of aliphatic hydroxyl groups excluding tert-OH is 1. The molecule has 0 saturated carbocycles. The molecule has 9 nitrogen and oxygen atoms in total. The third-order valence-electron chi connectivity index (χ3n) is 5.82. The number of fused-ring (bicyclic) bond motifs is 1. The van der Waals surface area contributed by atoms with Crippen LogP contribution in [0.5, 0.6) is 17.2 Å². The lowest BCUT2D eigenvalue weighted by atomic mass is 9.94. The van der Waals surface area contributed by atoms with Crippen LogP contribution in [0.2, 0.25) is 0 Å². The van der Waals surface area contributed by atoms with Crippen LogP contribution >= 0.6 is 0 Å². The van der Waals surface area contributed by atoms with Gasteiger partial charge in [0.15, 0.2) is 9.84 Å². The third-order valence-corrected chi connectivity index (χ3v) is 6.95. The molecule has 0 bridgehead atoms. The Labute approximate surface area is 215 Å². The molecule has 1 heterocycles. The van der Waals surface area contributed by atoms with Crippen molar-refractivity contribution in [3.63, 3.8) is 0 Å². The van der Waals surface area contributed by atoms with Crippen molar-refractivity contribution in [2.24, 2.45) is 0 Å². The number of imidazole rings is 1. The molecule has 37 heavy (non-hydrogen) atoms. The van der Waals surface area contributed by atoms with Crippen molar-refractivity contribution in [2.75, 3.05) is 19.4 Å². The number of aromatic nitrogens is 2. The molecule has 0 aliphatic rings. The maximum atomic E-state index is 11.6. The number of para-hydroxylation sites is 1. The minimum absolute atomic E-state index is 0.0760. The van der Waals surface area contributed by atoms with E-state index in [1.807, 2.05) is 24.3 Å². The van der Waals surface area contributed by atoms with Gasteiger partial charge in [0.05, 0.1) is 10.4 Å². The van der Waals surface area contributed by atoms with E-state index in [0.29, 0.717) is 41.2 Å². The van der Waals surface area contributed by atoms with Crippen molar-refractivity contribution in [3.8, 4) is 17.2 Å². The van der Waals surface area contributed by atoms with Crippen LogP contribution in [-0.4, -0.2) is 54.5 Å². The average Bonchev–Trinajstić information content (AvgIpc) is 3.23. The van der Waals surface area contributed by atoms with Gasteiger partial charge < -0.3 is 29.9 Å². The highest BCUT2D eigenvalue weighted by atomic mass is 32.2. The zero-order valence-electron chi connectivity index (χ0n) is 20.9. The van der Waals surface area contributed by atoms with Gasteiger partial charge in [0.1, 0.15) is 35.5 Å². The van der Waals surface area contributed by atoms with Crippen LogP contribution in [-0.2, 0) is 16.3 Å². The van der Waals surface area contributed by atoms with Crippen LogP contribution in [0.1, 0.15) is 19.4 Å². The van der Waals surface area contributed by atoms with Crippen molar-refractivity contribution in [2.45, 2.75) is 36.8 Å². The first-order valence-electron chi connectivity index (χ1n) is 11.8. The maximum Gasteiger partial charge on any atom is 0.323 e. The summed E-state index contributed by atoms with van der Waals surface area (Å²) < 4.78 is 34.8. The van der Waals surface area contributed by atoms with Gasteiger partial charge in [-0.05, 0) is 74.4 Å². The van der Waals surface area contributed by atoms with Gasteiger partial charge in [-0.1, -0.05) is 18.2 Å². The van der Waals surface area contributed by atoms with Crippen molar-refractivity contribution >= 4 is 20.9 Å². The zero-order chi connectivity index (χ0) is 26.6. The first-order chi connectivity index (χ1) is 17.5. The number of hydrogen-bond acceptors (Lipinski definition) is 7. The molecule has 0 spiro atoms. The summed E-state index contributed by atoms with van der Waals surface area (Å²) in [7, 11) is -3.25. The van der Waals surface area contributed by atoms with Crippen molar-refractivity contribution in [1.82, 2.24) is 15.3 Å². The fourth-order valence-corrected chi connectivity index (χ4v) is 4.56. The molecule has 0 unspecified atom stereocenters. The molecule has 0 aliphatic heterocycles. The monoisotopic (exact) mass is 525 g/mol. The molecule has 1 atom stereocenters. The van der Waals surface area contributed by atoms with Gasteiger partial charge in [-0.25, -0.2) is 13.2 Å². The molecule has 4 aromatic rings. The van der Waals surface area contributed by atoms with Gasteiger partial charge >= 0.3 is 5.69 Å². The first kappa shape index (κ1) is 26.5. The lowest BCUT2D eigenvalue weighted by molar-refractivity contribution is 0.0995. The summed E-state index contributed by atoms with van der Waals surface area (Å²) in [4.78, 5) is 17.2. The minimum Gasteiger partial charge on any atom is -0.489 e. The van der Waals surface area contributed by atoms with E-state index in [1.165, 1.54) is 18.4 Å². The Morgan fingerprint density at radius 1 is 0.973 bits per heavy atom. The standard InChI is InChI=1S/C27H31N3O6S/c1-27(2,28-16-19(31)17-35-24-6-4-5-23-25(24)30-26(32)29-23)15-18-7-9-20(10-8-18)36-21-11-13-22(14-12-21)37(3,33)34/h4-14,19,28,31H,15-17H2,1-3H3,(H2,29,30,32)/t19-/m0/s1. The van der Waals surface area contributed by atoms with Crippen LogP contribution in [0.15, 0.2) is 76.4 Å². The molecule has 0 radical (unpaired) electrons.